The summed E-state index contributed by atoms with van der Waals surface area (Å²) in [6.45, 7) is 6.96. The summed E-state index contributed by atoms with van der Waals surface area (Å²) >= 11 is 0. The lowest BCUT2D eigenvalue weighted by Gasteiger charge is -2.38. The standard InChI is InChI=1S/C31H40N2O6/c1-21-13-11-14-22(2)25(21)32-18-12-16-31-23(24-29(37)38-20-10-6-7-15-30(24,3)39-31)27(35)33(26(31)28(32)36)17-8-4-5-9-19-34/h7,11-16,23-24,26,34H,4-6,8-10,17-20H2,1-3H3/b15-7-/t23-,24-,26?,30+,31-/m0/s1. The van der Waals surface area contributed by atoms with Crippen LogP contribution in [-0.4, -0.2) is 71.3 Å². The smallest absolute Gasteiger partial charge is 0.313 e. The number of carbonyl (C=O) groups excluding carboxylic acids is 3. The number of aliphatic hydroxyl groups excluding tert-OH is 1. The summed E-state index contributed by atoms with van der Waals surface area (Å²) in [7, 11) is 0. The molecule has 1 unspecified atom stereocenters. The van der Waals surface area contributed by atoms with Gasteiger partial charge in [-0.1, -0.05) is 55.3 Å². The number of unbranched alkanes of at least 4 members (excludes halogenated alkanes) is 3. The third-order valence-corrected chi connectivity index (χ3v) is 8.77. The molecule has 0 bridgehead atoms. The summed E-state index contributed by atoms with van der Waals surface area (Å²) < 4.78 is 12.5. The van der Waals surface area contributed by atoms with Gasteiger partial charge < -0.3 is 24.4 Å². The van der Waals surface area contributed by atoms with Crippen molar-refractivity contribution in [1.29, 1.82) is 0 Å². The van der Waals surface area contributed by atoms with E-state index < -0.39 is 35.0 Å². The molecule has 2 amide bonds. The number of cyclic esters (lactones) is 1. The molecular formula is C31H40N2O6. The van der Waals surface area contributed by atoms with E-state index in [1.165, 1.54) is 0 Å². The molecule has 0 aromatic heterocycles. The highest BCUT2D eigenvalue weighted by Gasteiger charge is 2.74. The number of hydrogen-bond acceptors (Lipinski definition) is 6. The molecule has 1 aromatic carbocycles. The number of benzene rings is 1. The molecule has 5 atom stereocenters. The second-order valence-electron chi connectivity index (χ2n) is 11.5. The maximum atomic E-state index is 14.6. The first-order valence-corrected chi connectivity index (χ1v) is 14.3. The van der Waals surface area contributed by atoms with Gasteiger partial charge in [-0.05, 0) is 57.6 Å². The average Bonchev–Trinajstić information content (AvgIpc) is 3.24. The first kappa shape index (κ1) is 27.6. The Balaban J connectivity index is 1.60. The van der Waals surface area contributed by atoms with Crippen molar-refractivity contribution in [3.63, 3.8) is 0 Å². The fourth-order valence-electron chi connectivity index (χ4n) is 7.05. The van der Waals surface area contributed by atoms with Gasteiger partial charge in [0.2, 0.25) is 5.91 Å². The number of fused-ring (bicyclic) bond motifs is 2. The van der Waals surface area contributed by atoms with E-state index in [1.807, 2.05) is 63.3 Å². The number of esters is 1. The van der Waals surface area contributed by atoms with Crippen LogP contribution in [0.2, 0.25) is 0 Å². The SMILES string of the molecule is Cc1cccc(C)c1N1CC=C[C@]23O[C@]4(C)/C=C\CCCOC(=O)[C@@H]4[C@H]2C(=O)N(CCCCCCO)C3C1=O. The number of rotatable bonds is 7. The van der Waals surface area contributed by atoms with Crippen LogP contribution >= 0.6 is 0 Å². The lowest BCUT2D eigenvalue weighted by molar-refractivity contribution is -0.158. The van der Waals surface area contributed by atoms with Gasteiger partial charge in [0.1, 0.15) is 17.6 Å². The molecule has 1 N–H and O–H groups in total. The van der Waals surface area contributed by atoms with Gasteiger partial charge in [0.15, 0.2) is 0 Å². The monoisotopic (exact) mass is 536 g/mol. The summed E-state index contributed by atoms with van der Waals surface area (Å²) in [5.74, 6) is -2.60. The number of para-hydroxylation sites is 1. The molecule has 1 spiro atoms. The molecular weight excluding hydrogens is 496 g/mol. The first-order chi connectivity index (χ1) is 18.7. The molecule has 4 heterocycles. The van der Waals surface area contributed by atoms with Crippen molar-refractivity contribution in [2.75, 3.05) is 31.2 Å². The van der Waals surface area contributed by atoms with Gasteiger partial charge in [-0.3, -0.25) is 14.4 Å². The third-order valence-electron chi connectivity index (χ3n) is 8.77. The van der Waals surface area contributed by atoms with Gasteiger partial charge in [-0.15, -0.1) is 0 Å². The Morgan fingerprint density at radius 1 is 0.974 bits per heavy atom. The Hall–Kier alpha value is -2.97. The fraction of sp³-hybridized carbons (Fsp3) is 0.581. The number of amides is 2. The summed E-state index contributed by atoms with van der Waals surface area (Å²) in [6.07, 6.45) is 12.2. The Morgan fingerprint density at radius 2 is 1.72 bits per heavy atom. The molecule has 0 saturated carbocycles. The van der Waals surface area contributed by atoms with E-state index in [1.54, 1.807) is 9.80 Å². The van der Waals surface area contributed by atoms with Crippen LogP contribution in [0.15, 0.2) is 42.5 Å². The molecule has 4 aliphatic rings. The van der Waals surface area contributed by atoms with Gasteiger partial charge in [-0.2, -0.15) is 0 Å². The second-order valence-corrected chi connectivity index (χ2v) is 11.5. The summed E-state index contributed by atoms with van der Waals surface area (Å²) in [5, 5.41) is 9.16. The normalized spacial score (nSPS) is 33.0. The number of allylic oxidation sites excluding steroid dienone is 1. The second kappa shape index (κ2) is 10.9. The minimum absolute atomic E-state index is 0.133. The van der Waals surface area contributed by atoms with E-state index in [0.29, 0.717) is 32.4 Å². The van der Waals surface area contributed by atoms with Crippen LogP contribution in [0, 0.1) is 25.7 Å². The molecule has 0 radical (unpaired) electrons. The zero-order chi connectivity index (χ0) is 27.8. The summed E-state index contributed by atoms with van der Waals surface area (Å²) in [4.78, 5) is 45.8. The quantitative estimate of drug-likeness (QED) is 0.325. The van der Waals surface area contributed by atoms with Crippen molar-refractivity contribution < 1.29 is 29.0 Å². The average molecular weight is 537 g/mol. The van der Waals surface area contributed by atoms with E-state index in [0.717, 1.165) is 36.1 Å². The zero-order valence-corrected chi connectivity index (χ0v) is 23.2. The topological polar surface area (TPSA) is 96.4 Å². The Labute approximate surface area is 230 Å². The van der Waals surface area contributed by atoms with Gasteiger partial charge in [-0.25, -0.2) is 0 Å². The van der Waals surface area contributed by atoms with Crippen LogP contribution in [0.25, 0.3) is 0 Å². The largest absolute Gasteiger partial charge is 0.465 e. The predicted molar refractivity (Wildman–Crippen MR) is 147 cm³/mol. The molecule has 0 aliphatic carbocycles. The van der Waals surface area contributed by atoms with Crippen LogP contribution in [0.4, 0.5) is 5.69 Å². The number of ether oxygens (including phenoxy) is 2. The highest BCUT2D eigenvalue weighted by molar-refractivity contribution is 6.06. The maximum Gasteiger partial charge on any atom is 0.313 e. The number of aryl methyl sites for hydroxylation is 2. The van der Waals surface area contributed by atoms with Crippen LogP contribution < -0.4 is 4.90 Å². The lowest BCUT2D eigenvalue weighted by Crippen LogP contribution is -2.56. The predicted octanol–water partition coefficient (Wildman–Crippen LogP) is 3.62. The van der Waals surface area contributed by atoms with E-state index in [-0.39, 0.29) is 25.0 Å². The van der Waals surface area contributed by atoms with Crippen LogP contribution in [0.1, 0.15) is 56.6 Å². The molecule has 39 heavy (non-hydrogen) atoms. The van der Waals surface area contributed by atoms with Crippen molar-refractivity contribution in [3.05, 3.63) is 53.6 Å². The molecule has 8 heteroatoms. The number of likely N-dealkylation sites (tertiary alicyclic amines) is 1. The highest BCUT2D eigenvalue weighted by Crippen LogP contribution is 2.57. The number of hydrogen-bond donors (Lipinski definition) is 1. The van der Waals surface area contributed by atoms with E-state index in [2.05, 4.69) is 0 Å². The molecule has 210 valence electrons. The number of anilines is 1. The van der Waals surface area contributed by atoms with Gasteiger partial charge >= 0.3 is 5.97 Å². The van der Waals surface area contributed by atoms with Crippen molar-refractivity contribution in [3.8, 4) is 0 Å². The Kier molecular flexibility index (Phi) is 7.71. The van der Waals surface area contributed by atoms with Gasteiger partial charge in [0.05, 0.1) is 18.1 Å². The van der Waals surface area contributed by atoms with E-state index in [9.17, 15) is 14.4 Å². The molecule has 5 rings (SSSR count). The number of carbonyl (C=O) groups is 3. The summed E-state index contributed by atoms with van der Waals surface area (Å²) in [5.41, 5.74) is 0.438. The highest BCUT2D eigenvalue weighted by atomic mass is 16.6. The fourth-order valence-corrected chi connectivity index (χ4v) is 7.05. The van der Waals surface area contributed by atoms with Crippen molar-refractivity contribution in [1.82, 2.24) is 4.90 Å². The Bertz CT molecular complexity index is 1170. The molecule has 2 fully saturated rings. The van der Waals surface area contributed by atoms with Crippen LogP contribution in [0.3, 0.4) is 0 Å². The molecule has 8 nitrogen and oxygen atoms in total. The third kappa shape index (κ3) is 4.61. The minimum Gasteiger partial charge on any atom is -0.465 e. The Morgan fingerprint density at radius 3 is 2.46 bits per heavy atom. The number of aliphatic hydroxyl groups is 1. The van der Waals surface area contributed by atoms with Crippen molar-refractivity contribution in [2.45, 2.75) is 76.5 Å². The molecule has 4 aliphatic heterocycles. The number of nitrogens with zero attached hydrogens (tertiary/aromatic N) is 2. The lowest BCUT2D eigenvalue weighted by atomic mass is 9.74. The minimum atomic E-state index is -1.29. The maximum absolute atomic E-state index is 14.6. The van der Waals surface area contributed by atoms with Gasteiger partial charge in [0, 0.05) is 25.4 Å². The van der Waals surface area contributed by atoms with E-state index >= 15 is 0 Å². The van der Waals surface area contributed by atoms with Crippen LogP contribution in [0.5, 0.6) is 0 Å². The van der Waals surface area contributed by atoms with Crippen LogP contribution in [-0.2, 0) is 23.9 Å². The van der Waals surface area contributed by atoms with Crippen molar-refractivity contribution >= 4 is 23.5 Å². The zero-order valence-electron chi connectivity index (χ0n) is 23.2. The molecule has 1 aromatic rings. The molecule has 2 saturated heterocycles. The van der Waals surface area contributed by atoms with E-state index in [4.69, 9.17) is 14.6 Å². The summed E-state index contributed by atoms with van der Waals surface area (Å²) in [6, 6.07) is 5.04. The first-order valence-electron chi connectivity index (χ1n) is 14.3. The van der Waals surface area contributed by atoms with Gasteiger partial charge in [0.25, 0.3) is 5.91 Å². The van der Waals surface area contributed by atoms with Crippen molar-refractivity contribution in [2.24, 2.45) is 11.8 Å².